The van der Waals surface area contributed by atoms with E-state index in [9.17, 15) is 52.3 Å². The van der Waals surface area contributed by atoms with E-state index in [2.05, 4.69) is 40.0 Å². The fourth-order valence-electron chi connectivity index (χ4n) is 7.41. The third kappa shape index (κ3) is 13.3. The zero-order valence-corrected chi connectivity index (χ0v) is 38.3. The molecule has 2 aromatic carbocycles. The number of pyridine rings is 4. The third-order valence-electron chi connectivity index (χ3n) is 10.6. The van der Waals surface area contributed by atoms with Gasteiger partial charge in [-0.15, -0.1) is 17.6 Å². The normalized spacial score (nSPS) is 15.4. The summed E-state index contributed by atoms with van der Waals surface area (Å²) in [5.41, 5.74) is -5.14. The summed E-state index contributed by atoms with van der Waals surface area (Å²) < 4.78 is 78.8. The Morgan fingerprint density at radius 3 is 1.62 bits per heavy atom. The van der Waals surface area contributed by atoms with Gasteiger partial charge in [0.15, 0.2) is 0 Å². The SMILES string of the molecule is COc1ncc(-c2cc(C(=O)Nc3ccc(OC(F)(F)Cl)cc3)cnc2N2CC[C@@H](O)C2)cc1C#N.N#Cc1ncc(F)cc1-c1cc(C(=O)Nc2ccc(OC(F)(F)Cl)cc2)cnc1N1CC[C@@H](O)C1. The maximum atomic E-state index is 14.0. The van der Waals surface area contributed by atoms with Crippen LogP contribution in [0.2, 0.25) is 0 Å². The number of aromatic nitrogens is 4. The summed E-state index contributed by atoms with van der Waals surface area (Å²) in [6.45, 7) is 1.70. The van der Waals surface area contributed by atoms with Crippen LogP contribution in [0.3, 0.4) is 0 Å². The predicted molar refractivity (Wildman–Crippen MR) is 248 cm³/mol. The lowest BCUT2D eigenvalue weighted by molar-refractivity contribution is -0.0972. The van der Waals surface area contributed by atoms with Crippen LogP contribution in [-0.2, 0) is 0 Å². The lowest BCUT2D eigenvalue weighted by atomic mass is 10.0. The number of carbonyl (C=O) groups excluding carboxylic acids is 2. The van der Waals surface area contributed by atoms with Gasteiger partial charge in [-0.1, -0.05) is 0 Å². The molecule has 2 aliphatic heterocycles. The van der Waals surface area contributed by atoms with E-state index in [1.807, 2.05) is 17.0 Å². The van der Waals surface area contributed by atoms with Crippen molar-refractivity contribution >= 4 is 58.0 Å². The van der Waals surface area contributed by atoms with E-state index >= 15 is 0 Å². The Hall–Kier alpha value is -7.89. The van der Waals surface area contributed by atoms with Gasteiger partial charge in [0.2, 0.25) is 5.88 Å². The smallest absolute Gasteiger partial charge is 0.480 e. The molecule has 24 heteroatoms. The van der Waals surface area contributed by atoms with Crippen LogP contribution in [0, 0.1) is 28.5 Å². The van der Waals surface area contributed by atoms with Crippen molar-refractivity contribution in [3.8, 4) is 51.8 Å². The zero-order valence-electron chi connectivity index (χ0n) is 36.8. The Balaban J connectivity index is 0.000000209. The summed E-state index contributed by atoms with van der Waals surface area (Å²) in [5, 5.41) is 44.2. The molecule has 71 heavy (non-hydrogen) atoms. The summed E-state index contributed by atoms with van der Waals surface area (Å²) in [6, 6.07) is 20.1. The number of rotatable bonds is 13. The lowest BCUT2D eigenvalue weighted by Gasteiger charge is -2.21. The Morgan fingerprint density at radius 1 is 0.690 bits per heavy atom. The molecular weight excluding hydrogens is 982 g/mol. The second-order valence-corrected chi connectivity index (χ2v) is 16.5. The van der Waals surface area contributed by atoms with E-state index in [1.54, 1.807) is 17.0 Å². The molecule has 2 atom stereocenters. The third-order valence-corrected chi connectivity index (χ3v) is 10.8. The van der Waals surface area contributed by atoms with Crippen LogP contribution >= 0.6 is 23.2 Å². The number of nitriles is 2. The first kappa shape index (κ1) is 51.0. The van der Waals surface area contributed by atoms with Gasteiger partial charge in [0, 0.05) is 102 Å². The monoisotopic (exact) mass is 1020 g/mol. The van der Waals surface area contributed by atoms with E-state index in [0.29, 0.717) is 66.5 Å². The highest BCUT2D eigenvalue weighted by atomic mass is 35.5. The first-order valence-electron chi connectivity index (χ1n) is 21.0. The zero-order chi connectivity index (χ0) is 51.0. The number of hydrogen-bond donors (Lipinski definition) is 4. The van der Waals surface area contributed by atoms with Gasteiger partial charge in [-0.25, -0.2) is 24.3 Å². The van der Waals surface area contributed by atoms with Crippen LogP contribution in [0.15, 0.2) is 97.6 Å². The number of β-amino-alcohol motifs (C(OH)–C–C–N with tert-alkyl or cyclic N) is 2. The van der Waals surface area contributed by atoms with E-state index in [4.69, 9.17) is 27.9 Å². The molecule has 2 aliphatic rings. The summed E-state index contributed by atoms with van der Waals surface area (Å²) in [5.74, 6) is -1.08. The molecule has 4 N–H and O–H groups in total. The number of halogens is 7. The summed E-state index contributed by atoms with van der Waals surface area (Å²) >= 11 is 9.50. The first-order valence-corrected chi connectivity index (χ1v) is 21.8. The number of alkyl halides is 6. The number of nitrogens with one attached hydrogen (secondary N) is 2. The van der Waals surface area contributed by atoms with Crippen molar-refractivity contribution in [2.45, 2.75) is 36.2 Å². The molecule has 4 aromatic heterocycles. The Kier molecular flexibility index (Phi) is 15.7. The standard InChI is InChI=1S/C24H20ClF2N5O4.C23H17ClF3N5O3/c1-35-23-14(10-28)8-15(11-30-23)20-9-16(12-29-21(20)32-7-6-18(33)13-32)22(34)31-17-2-4-19(5-3-17)36-24(25,26)27;24-23(26,27)35-17-3-1-15(2-4-17)31-22(34)13-7-19(18-8-14(25)11-29-20(18)9-28)21(30-10-13)32-6-5-16(33)12-32/h2-5,8-9,11-12,18,33H,6-7,13H2,1H3,(H,31,34);1-4,7-8,10-11,16,33H,5-6,12H2,(H,31,34)/t18-;16-/m11/s1. The maximum absolute atomic E-state index is 14.0. The van der Waals surface area contributed by atoms with Crippen LogP contribution < -0.4 is 34.6 Å². The average Bonchev–Trinajstić information content (AvgIpc) is 3.99. The van der Waals surface area contributed by atoms with Gasteiger partial charge in [-0.3, -0.25) is 9.59 Å². The van der Waals surface area contributed by atoms with Crippen molar-refractivity contribution in [1.29, 1.82) is 10.5 Å². The Morgan fingerprint density at radius 2 is 1.18 bits per heavy atom. The van der Waals surface area contributed by atoms with Gasteiger partial charge < -0.3 is 44.9 Å². The van der Waals surface area contributed by atoms with Crippen molar-refractivity contribution in [2.75, 3.05) is 53.7 Å². The number of amides is 2. The Labute approximate surface area is 410 Å². The van der Waals surface area contributed by atoms with Crippen molar-refractivity contribution in [2.24, 2.45) is 0 Å². The fourth-order valence-corrected chi connectivity index (χ4v) is 7.59. The first-order chi connectivity index (χ1) is 33.8. The second kappa shape index (κ2) is 21.8. The second-order valence-electron chi connectivity index (χ2n) is 15.6. The molecule has 366 valence electrons. The minimum Gasteiger partial charge on any atom is -0.480 e. The molecule has 0 radical (unpaired) electrons. The van der Waals surface area contributed by atoms with Crippen LogP contribution in [-0.4, -0.2) is 98.6 Å². The van der Waals surface area contributed by atoms with Crippen molar-refractivity contribution in [3.05, 3.63) is 126 Å². The number of carbonyl (C=O) groups is 2. The minimum atomic E-state index is -3.87. The van der Waals surface area contributed by atoms with Crippen LogP contribution in [0.25, 0.3) is 22.3 Å². The molecular formula is C47H37Cl2F5N10O7. The molecule has 6 heterocycles. The van der Waals surface area contributed by atoms with Gasteiger partial charge in [0.25, 0.3) is 11.8 Å². The molecule has 0 bridgehead atoms. The fraction of sp³-hybridized carbons (Fsp3) is 0.234. The summed E-state index contributed by atoms with van der Waals surface area (Å²) in [6.07, 6.45) is 5.14. The highest BCUT2D eigenvalue weighted by Crippen LogP contribution is 2.36. The topological polar surface area (TPSA) is 232 Å². The van der Waals surface area contributed by atoms with Gasteiger partial charge in [-0.2, -0.15) is 10.5 Å². The highest BCUT2D eigenvalue weighted by Gasteiger charge is 2.30. The molecule has 0 aliphatic carbocycles. The number of aliphatic hydroxyl groups is 2. The minimum absolute atomic E-state index is 0.0570. The number of hydrogen-bond acceptors (Lipinski definition) is 15. The summed E-state index contributed by atoms with van der Waals surface area (Å²) in [7, 11) is 1.41. The van der Waals surface area contributed by atoms with Gasteiger partial charge in [0.05, 0.1) is 36.6 Å². The van der Waals surface area contributed by atoms with Crippen molar-refractivity contribution < 1.29 is 56.0 Å². The predicted octanol–water partition coefficient (Wildman–Crippen LogP) is 8.16. The number of benzene rings is 2. The quantitative estimate of drug-likeness (QED) is 0.0631. The van der Waals surface area contributed by atoms with Gasteiger partial charge in [0.1, 0.15) is 52.3 Å². The van der Waals surface area contributed by atoms with E-state index in [0.717, 1.165) is 12.3 Å². The van der Waals surface area contributed by atoms with E-state index in [1.165, 1.54) is 80.3 Å². The van der Waals surface area contributed by atoms with Crippen LogP contribution in [0.4, 0.5) is 45.0 Å². The molecule has 17 nitrogen and oxygen atoms in total. The van der Waals surface area contributed by atoms with E-state index < -0.39 is 41.0 Å². The number of aliphatic hydroxyl groups excluding tert-OH is 2. The molecule has 2 saturated heterocycles. The number of ether oxygens (including phenoxy) is 3. The molecule has 2 amide bonds. The largest absolute Gasteiger partial charge is 0.487 e. The molecule has 0 spiro atoms. The summed E-state index contributed by atoms with van der Waals surface area (Å²) in [4.78, 5) is 46.4. The average molecular weight is 1020 g/mol. The highest BCUT2D eigenvalue weighted by molar-refractivity contribution is 6.21. The molecule has 2 fully saturated rings. The van der Waals surface area contributed by atoms with Crippen molar-refractivity contribution in [1.82, 2.24) is 19.9 Å². The lowest BCUT2D eigenvalue weighted by Crippen LogP contribution is -2.23. The maximum Gasteiger partial charge on any atom is 0.487 e. The van der Waals surface area contributed by atoms with Gasteiger partial charge >= 0.3 is 11.1 Å². The molecule has 0 saturated carbocycles. The Bertz CT molecular complexity index is 3010. The van der Waals surface area contributed by atoms with Crippen LogP contribution in [0.5, 0.6) is 17.4 Å². The molecule has 6 aromatic rings. The number of methoxy groups -OCH3 is 1. The number of nitrogens with zero attached hydrogens (tertiary/aromatic N) is 8. The number of anilines is 4. The van der Waals surface area contributed by atoms with E-state index in [-0.39, 0.29) is 57.6 Å². The van der Waals surface area contributed by atoms with Crippen LogP contribution in [0.1, 0.15) is 44.8 Å². The molecule has 0 unspecified atom stereocenters. The molecule has 8 rings (SSSR count). The van der Waals surface area contributed by atoms with Crippen molar-refractivity contribution in [3.63, 3.8) is 0 Å². The van der Waals surface area contributed by atoms with Gasteiger partial charge in [-0.05, 0) is 85.6 Å².